The second kappa shape index (κ2) is 9.00. The average molecular weight is 342 g/mol. The molecule has 1 aromatic carbocycles. The Morgan fingerprint density at radius 2 is 1.83 bits per heavy atom. The highest BCUT2D eigenvalue weighted by Gasteiger charge is 2.26. The first-order chi connectivity index (χ1) is 10.8. The Hall–Kier alpha value is -1.44. The Morgan fingerprint density at radius 1 is 1.22 bits per heavy atom. The van der Waals surface area contributed by atoms with Gasteiger partial charge in [-0.15, -0.1) is 0 Å². The van der Waals surface area contributed by atoms with Gasteiger partial charge in [-0.3, -0.25) is 4.79 Å². The van der Waals surface area contributed by atoms with Crippen LogP contribution in [0.5, 0.6) is 0 Å². The maximum absolute atomic E-state index is 12.5. The van der Waals surface area contributed by atoms with E-state index in [1.165, 1.54) is 19.2 Å². The quantitative estimate of drug-likeness (QED) is 0.665. The molecule has 0 fully saturated rings. The number of amides is 1. The molecule has 0 unspecified atom stereocenters. The van der Waals surface area contributed by atoms with Crippen molar-refractivity contribution in [2.75, 3.05) is 20.3 Å². The van der Waals surface area contributed by atoms with Gasteiger partial charge in [-0.05, 0) is 31.4 Å². The number of carbonyl (C=O) groups excluding carboxylic acids is 1. The van der Waals surface area contributed by atoms with Crippen LogP contribution in [-0.2, 0) is 19.6 Å². The fraction of sp³-hybridized carbons (Fsp3) is 0.562. The fourth-order valence-corrected chi connectivity index (χ4v) is 3.26. The van der Waals surface area contributed by atoms with Crippen LogP contribution in [0.4, 0.5) is 0 Å². The van der Waals surface area contributed by atoms with Gasteiger partial charge < -0.3 is 10.1 Å². The third-order valence-corrected chi connectivity index (χ3v) is 4.75. The van der Waals surface area contributed by atoms with Crippen LogP contribution in [0.2, 0.25) is 0 Å². The van der Waals surface area contributed by atoms with Gasteiger partial charge in [0.25, 0.3) is 0 Å². The first-order valence-corrected chi connectivity index (χ1v) is 9.10. The number of benzene rings is 1. The van der Waals surface area contributed by atoms with Gasteiger partial charge >= 0.3 is 0 Å². The highest BCUT2D eigenvalue weighted by Crippen LogP contribution is 2.13. The Kier molecular flexibility index (Phi) is 7.67. The number of sulfonamides is 1. The van der Waals surface area contributed by atoms with Crippen LogP contribution in [-0.4, -0.2) is 40.6 Å². The lowest BCUT2D eigenvalue weighted by Gasteiger charge is -2.20. The Labute approximate surface area is 138 Å². The zero-order valence-electron chi connectivity index (χ0n) is 14.1. The van der Waals surface area contributed by atoms with E-state index in [-0.39, 0.29) is 16.7 Å². The summed E-state index contributed by atoms with van der Waals surface area (Å²) in [7, 11) is -2.20. The van der Waals surface area contributed by atoms with Crippen molar-refractivity contribution in [3.8, 4) is 0 Å². The minimum absolute atomic E-state index is 0.154. The van der Waals surface area contributed by atoms with Crippen LogP contribution in [0.25, 0.3) is 0 Å². The van der Waals surface area contributed by atoms with Crippen molar-refractivity contribution < 1.29 is 17.9 Å². The minimum Gasteiger partial charge on any atom is -0.383 e. The lowest BCUT2D eigenvalue weighted by atomic mass is 10.0. The van der Waals surface area contributed by atoms with Crippen LogP contribution in [0.15, 0.2) is 29.2 Å². The normalized spacial score (nSPS) is 13.1. The van der Waals surface area contributed by atoms with Gasteiger partial charge in [-0.2, -0.15) is 4.72 Å². The molecule has 0 aliphatic rings. The summed E-state index contributed by atoms with van der Waals surface area (Å²) in [4.78, 5) is 12.4. The van der Waals surface area contributed by atoms with Crippen molar-refractivity contribution in [3.05, 3.63) is 29.8 Å². The van der Waals surface area contributed by atoms with Gasteiger partial charge in [-0.25, -0.2) is 8.42 Å². The highest BCUT2D eigenvalue weighted by atomic mass is 32.2. The molecule has 0 spiro atoms. The summed E-state index contributed by atoms with van der Waals surface area (Å²) in [6.45, 7) is 6.49. The van der Waals surface area contributed by atoms with E-state index in [4.69, 9.17) is 4.74 Å². The van der Waals surface area contributed by atoms with E-state index in [0.29, 0.717) is 19.6 Å². The lowest BCUT2D eigenvalue weighted by Crippen LogP contribution is -2.47. The first kappa shape index (κ1) is 19.6. The van der Waals surface area contributed by atoms with E-state index in [1.54, 1.807) is 12.1 Å². The monoisotopic (exact) mass is 342 g/mol. The standard InChI is InChI=1S/C16H26N2O4S/c1-12(2)11-15(16(19)17-9-10-22-4)18-23(20,21)14-7-5-13(3)6-8-14/h5-8,12,15,18H,9-11H2,1-4H3,(H,17,19)/t15-/m1/s1. The van der Waals surface area contributed by atoms with Gasteiger partial charge in [0.15, 0.2) is 0 Å². The lowest BCUT2D eigenvalue weighted by molar-refractivity contribution is -0.123. The van der Waals surface area contributed by atoms with E-state index < -0.39 is 16.1 Å². The zero-order chi connectivity index (χ0) is 17.5. The summed E-state index contributed by atoms with van der Waals surface area (Å²) in [5, 5.41) is 2.68. The first-order valence-electron chi connectivity index (χ1n) is 7.62. The van der Waals surface area contributed by atoms with Crippen molar-refractivity contribution in [1.82, 2.24) is 10.0 Å². The van der Waals surface area contributed by atoms with Gasteiger partial charge in [0, 0.05) is 13.7 Å². The van der Waals surface area contributed by atoms with Gasteiger partial charge in [0.2, 0.25) is 15.9 Å². The van der Waals surface area contributed by atoms with E-state index in [2.05, 4.69) is 10.0 Å². The highest BCUT2D eigenvalue weighted by molar-refractivity contribution is 7.89. The molecule has 0 saturated heterocycles. The summed E-state index contributed by atoms with van der Waals surface area (Å²) in [6, 6.07) is 5.72. The van der Waals surface area contributed by atoms with Gasteiger partial charge in [0.1, 0.15) is 6.04 Å². The van der Waals surface area contributed by atoms with E-state index >= 15 is 0 Å². The molecule has 7 heteroatoms. The molecular formula is C16H26N2O4S. The number of rotatable bonds is 9. The van der Waals surface area contributed by atoms with Gasteiger partial charge in [0.05, 0.1) is 11.5 Å². The summed E-state index contributed by atoms with van der Waals surface area (Å²) < 4.78 is 32.3. The Bertz CT molecular complexity index is 597. The maximum Gasteiger partial charge on any atom is 0.241 e. The number of hydrogen-bond acceptors (Lipinski definition) is 4. The largest absolute Gasteiger partial charge is 0.383 e. The van der Waals surface area contributed by atoms with Crippen molar-refractivity contribution in [3.63, 3.8) is 0 Å². The summed E-state index contributed by atoms with van der Waals surface area (Å²) in [5.41, 5.74) is 0.972. The molecule has 0 radical (unpaired) electrons. The third-order valence-electron chi connectivity index (χ3n) is 3.26. The van der Waals surface area contributed by atoms with E-state index in [1.807, 2.05) is 20.8 Å². The second-order valence-electron chi connectivity index (χ2n) is 5.90. The number of ether oxygens (including phenoxy) is 1. The zero-order valence-corrected chi connectivity index (χ0v) is 14.9. The third kappa shape index (κ3) is 6.68. The SMILES string of the molecule is COCCNC(=O)[C@@H](CC(C)C)NS(=O)(=O)c1ccc(C)cc1. The molecule has 0 heterocycles. The predicted octanol–water partition coefficient (Wildman–Crippen LogP) is 1.45. The molecule has 0 aliphatic heterocycles. The molecule has 1 amide bonds. The second-order valence-corrected chi connectivity index (χ2v) is 7.61. The molecule has 2 N–H and O–H groups in total. The van der Waals surface area contributed by atoms with Gasteiger partial charge in [-0.1, -0.05) is 31.5 Å². The molecule has 6 nitrogen and oxygen atoms in total. The van der Waals surface area contributed by atoms with Crippen molar-refractivity contribution in [2.45, 2.75) is 38.1 Å². The maximum atomic E-state index is 12.5. The molecule has 0 aromatic heterocycles. The summed E-state index contributed by atoms with van der Waals surface area (Å²) >= 11 is 0. The molecule has 130 valence electrons. The van der Waals surface area contributed by atoms with E-state index in [0.717, 1.165) is 5.56 Å². The van der Waals surface area contributed by atoms with Crippen molar-refractivity contribution >= 4 is 15.9 Å². The average Bonchev–Trinajstić information content (AvgIpc) is 2.46. The topological polar surface area (TPSA) is 84.5 Å². The van der Waals surface area contributed by atoms with Crippen LogP contribution in [0.1, 0.15) is 25.8 Å². The molecular weight excluding hydrogens is 316 g/mol. The van der Waals surface area contributed by atoms with Crippen LogP contribution in [0.3, 0.4) is 0 Å². The fourth-order valence-electron chi connectivity index (χ4n) is 2.05. The van der Waals surface area contributed by atoms with Crippen molar-refractivity contribution in [2.24, 2.45) is 5.92 Å². The number of methoxy groups -OCH3 is 1. The number of hydrogen-bond donors (Lipinski definition) is 2. The molecule has 0 bridgehead atoms. The van der Waals surface area contributed by atoms with E-state index in [9.17, 15) is 13.2 Å². The number of aryl methyl sites for hydroxylation is 1. The number of nitrogens with one attached hydrogen (secondary N) is 2. The Balaban J connectivity index is 2.86. The summed E-state index contributed by atoms with van der Waals surface area (Å²) in [5.74, 6) is -0.166. The van der Waals surface area contributed by atoms with Crippen LogP contribution < -0.4 is 10.0 Å². The smallest absolute Gasteiger partial charge is 0.241 e. The van der Waals surface area contributed by atoms with Crippen LogP contribution in [0, 0.1) is 12.8 Å². The predicted molar refractivity (Wildman–Crippen MR) is 89.6 cm³/mol. The Morgan fingerprint density at radius 3 is 2.35 bits per heavy atom. The van der Waals surface area contributed by atoms with Crippen molar-refractivity contribution in [1.29, 1.82) is 0 Å². The minimum atomic E-state index is -3.74. The molecule has 0 saturated carbocycles. The molecule has 1 atom stereocenters. The summed E-state index contributed by atoms with van der Waals surface area (Å²) in [6.07, 6.45) is 0.421. The molecule has 1 rings (SSSR count). The molecule has 1 aromatic rings. The van der Waals surface area contributed by atoms with Crippen LogP contribution >= 0.6 is 0 Å². The molecule has 23 heavy (non-hydrogen) atoms. The molecule has 0 aliphatic carbocycles. The number of carbonyl (C=O) groups is 1.